The first kappa shape index (κ1) is 16.6. The highest BCUT2D eigenvalue weighted by molar-refractivity contribution is 5.85. The van der Waals surface area contributed by atoms with Crippen molar-refractivity contribution in [2.45, 2.75) is 18.9 Å². The second kappa shape index (κ2) is 7.36. The Balaban J connectivity index is 0.00000200. The van der Waals surface area contributed by atoms with E-state index in [9.17, 15) is 4.79 Å². The van der Waals surface area contributed by atoms with Crippen molar-refractivity contribution in [3.63, 3.8) is 0 Å². The summed E-state index contributed by atoms with van der Waals surface area (Å²) in [7, 11) is 3.20. The molecule has 1 aliphatic rings. The Morgan fingerprint density at radius 2 is 2.15 bits per heavy atom. The maximum absolute atomic E-state index is 12.2. The molecule has 0 bridgehead atoms. The van der Waals surface area contributed by atoms with Crippen LogP contribution in [0.25, 0.3) is 0 Å². The van der Waals surface area contributed by atoms with Gasteiger partial charge >= 0.3 is 0 Å². The summed E-state index contributed by atoms with van der Waals surface area (Å²) >= 11 is 0. The normalized spacial score (nSPS) is 17.6. The Morgan fingerprint density at radius 3 is 2.70 bits per heavy atom. The summed E-state index contributed by atoms with van der Waals surface area (Å²) in [5.41, 5.74) is 6.66. The van der Waals surface area contributed by atoms with Crippen molar-refractivity contribution in [1.82, 2.24) is 4.90 Å². The van der Waals surface area contributed by atoms with Crippen LogP contribution in [0.5, 0.6) is 11.5 Å². The molecule has 0 aromatic heterocycles. The summed E-state index contributed by atoms with van der Waals surface area (Å²) in [6, 6.07) is 5.58. The minimum absolute atomic E-state index is 0. The standard InChI is InChI=1S/C14H20N2O3.ClH/c1-18-12-3-4-13(19-2)10(7-12)8-14(17)16-6-5-11(15)9-16;/h3-4,7,11H,5-6,8-9,15H2,1-2H3;1H/t11-;/m1./s1. The van der Waals surface area contributed by atoms with Gasteiger partial charge in [0.05, 0.1) is 20.6 Å². The van der Waals surface area contributed by atoms with Crippen LogP contribution in [0, 0.1) is 0 Å². The maximum Gasteiger partial charge on any atom is 0.227 e. The Bertz CT molecular complexity index is 468. The number of nitrogens with zero attached hydrogens (tertiary/aromatic N) is 1. The van der Waals surface area contributed by atoms with Crippen molar-refractivity contribution in [1.29, 1.82) is 0 Å². The predicted molar refractivity (Wildman–Crippen MR) is 79.7 cm³/mol. The summed E-state index contributed by atoms with van der Waals surface area (Å²) in [5.74, 6) is 1.51. The molecule has 6 heteroatoms. The van der Waals surface area contributed by atoms with E-state index in [1.165, 1.54) is 0 Å². The zero-order chi connectivity index (χ0) is 13.8. The topological polar surface area (TPSA) is 64.8 Å². The molecule has 112 valence electrons. The summed E-state index contributed by atoms with van der Waals surface area (Å²) < 4.78 is 10.5. The van der Waals surface area contributed by atoms with Gasteiger partial charge in [0.25, 0.3) is 0 Å². The predicted octanol–water partition coefficient (Wildman–Crippen LogP) is 1.23. The largest absolute Gasteiger partial charge is 0.497 e. The molecule has 1 aromatic rings. The van der Waals surface area contributed by atoms with Gasteiger partial charge in [0.1, 0.15) is 11.5 Å². The second-order valence-electron chi connectivity index (χ2n) is 4.74. The average molecular weight is 301 g/mol. The van der Waals surface area contributed by atoms with Crippen LogP contribution in [0.1, 0.15) is 12.0 Å². The lowest BCUT2D eigenvalue weighted by Crippen LogP contribution is -2.33. The lowest BCUT2D eigenvalue weighted by Gasteiger charge is -2.17. The Kier molecular flexibility index (Phi) is 6.10. The van der Waals surface area contributed by atoms with Crippen molar-refractivity contribution >= 4 is 18.3 Å². The molecule has 1 saturated heterocycles. The molecule has 1 heterocycles. The molecule has 2 rings (SSSR count). The fourth-order valence-corrected chi connectivity index (χ4v) is 2.31. The number of carbonyl (C=O) groups is 1. The Morgan fingerprint density at radius 1 is 1.40 bits per heavy atom. The van der Waals surface area contributed by atoms with Crippen molar-refractivity contribution in [2.24, 2.45) is 5.73 Å². The summed E-state index contributed by atoms with van der Waals surface area (Å²) in [5, 5.41) is 0. The lowest BCUT2D eigenvalue weighted by molar-refractivity contribution is -0.129. The molecule has 1 atom stereocenters. The molecule has 2 N–H and O–H groups in total. The van der Waals surface area contributed by atoms with Crippen molar-refractivity contribution < 1.29 is 14.3 Å². The highest BCUT2D eigenvalue weighted by Crippen LogP contribution is 2.25. The number of benzene rings is 1. The van der Waals surface area contributed by atoms with Crippen LogP contribution < -0.4 is 15.2 Å². The quantitative estimate of drug-likeness (QED) is 0.908. The van der Waals surface area contributed by atoms with Crippen molar-refractivity contribution in [2.75, 3.05) is 27.3 Å². The number of hydrogen-bond acceptors (Lipinski definition) is 4. The molecule has 0 spiro atoms. The van der Waals surface area contributed by atoms with E-state index in [2.05, 4.69) is 0 Å². The third-order valence-electron chi connectivity index (χ3n) is 3.41. The van der Waals surface area contributed by atoms with Crippen LogP contribution in [0.2, 0.25) is 0 Å². The highest BCUT2D eigenvalue weighted by Gasteiger charge is 2.24. The molecule has 1 aliphatic heterocycles. The third-order valence-corrected chi connectivity index (χ3v) is 3.41. The SMILES string of the molecule is COc1ccc(OC)c(CC(=O)N2CC[C@@H](N)C2)c1.Cl. The van der Waals surface area contributed by atoms with Gasteiger partial charge in [0.15, 0.2) is 0 Å². The molecular weight excluding hydrogens is 280 g/mol. The number of rotatable bonds is 4. The van der Waals surface area contributed by atoms with Gasteiger partial charge in [0.2, 0.25) is 5.91 Å². The third kappa shape index (κ3) is 3.77. The fraction of sp³-hybridized carbons (Fsp3) is 0.500. The number of likely N-dealkylation sites (tertiary alicyclic amines) is 1. The fourth-order valence-electron chi connectivity index (χ4n) is 2.31. The van der Waals surface area contributed by atoms with E-state index in [4.69, 9.17) is 15.2 Å². The van der Waals surface area contributed by atoms with E-state index < -0.39 is 0 Å². The number of nitrogens with two attached hydrogens (primary N) is 1. The van der Waals surface area contributed by atoms with Gasteiger partial charge in [-0.05, 0) is 24.6 Å². The number of halogens is 1. The molecule has 0 saturated carbocycles. The summed E-state index contributed by atoms with van der Waals surface area (Å²) in [6.07, 6.45) is 1.19. The van der Waals surface area contributed by atoms with E-state index in [1.54, 1.807) is 14.2 Å². The van der Waals surface area contributed by atoms with Crippen LogP contribution >= 0.6 is 12.4 Å². The van der Waals surface area contributed by atoms with Crippen LogP contribution in [0.3, 0.4) is 0 Å². The van der Waals surface area contributed by atoms with E-state index in [-0.39, 0.29) is 24.4 Å². The van der Waals surface area contributed by atoms with Crippen molar-refractivity contribution in [3.8, 4) is 11.5 Å². The first-order valence-electron chi connectivity index (χ1n) is 6.38. The zero-order valence-electron chi connectivity index (χ0n) is 11.8. The van der Waals surface area contributed by atoms with E-state index in [0.29, 0.717) is 18.7 Å². The molecule has 1 aromatic carbocycles. The number of methoxy groups -OCH3 is 2. The first-order chi connectivity index (χ1) is 9.13. The van der Waals surface area contributed by atoms with Gasteiger partial charge in [-0.15, -0.1) is 12.4 Å². The Hall–Kier alpha value is -1.46. The molecule has 1 fully saturated rings. The number of hydrogen-bond donors (Lipinski definition) is 1. The first-order valence-corrected chi connectivity index (χ1v) is 6.38. The zero-order valence-corrected chi connectivity index (χ0v) is 12.6. The van der Waals surface area contributed by atoms with E-state index in [1.807, 2.05) is 23.1 Å². The molecule has 0 aliphatic carbocycles. The molecule has 20 heavy (non-hydrogen) atoms. The summed E-state index contributed by atoms with van der Waals surface area (Å²) in [4.78, 5) is 14.0. The number of carbonyl (C=O) groups excluding carboxylic acids is 1. The molecule has 1 amide bonds. The van der Waals surface area contributed by atoms with Gasteiger partial charge in [-0.1, -0.05) is 0 Å². The molecular formula is C14H21ClN2O3. The van der Waals surface area contributed by atoms with E-state index >= 15 is 0 Å². The van der Waals surface area contributed by atoms with E-state index in [0.717, 1.165) is 24.3 Å². The average Bonchev–Trinajstić information content (AvgIpc) is 2.85. The van der Waals surface area contributed by atoms with Gasteiger partial charge in [-0.2, -0.15) is 0 Å². The second-order valence-corrected chi connectivity index (χ2v) is 4.74. The molecule has 5 nitrogen and oxygen atoms in total. The van der Waals surface area contributed by atoms with Crippen LogP contribution in [0.4, 0.5) is 0 Å². The summed E-state index contributed by atoms with van der Waals surface area (Å²) in [6.45, 7) is 1.39. The highest BCUT2D eigenvalue weighted by atomic mass is 35.5. The molecule has 0 radical (unpaired) electrons. The smallest absolute Gasteiger partial charge is 0.227 e. The number of amides is 1. The van der Waals surface area contributed by atoms with Crippen molar-refractivity contribution in [3.05, 3.63) is 23.8 Å². The van der Waals surface area contributed by atoms with Crippen LogP contribution in [-0.2, 0) is 11.2 Å². The minimum Gasteiger partial charge on any atom is -0.497 e. The molecule has 0 unspecified atom stereocenters. The van der Waals surface area contributed by atoms with Gasteiger partial charge in [-0.3, -0.25) is 4.79 Å². The number of ether oxygens (including phenoxy) is 2. The van der Waals surface area contributed by atoms with Gasteiger partial charge in [0, 0.05) is 24.7 Å². The van der Waals surface area contributed by atoms with Gasteiger partial charge in [-0.25, -0.2) is 0 Å². The maximum atomic E-state index is 12.2. The minimum atomic E-state index is 0. The van der Waals surface area contributed by atoms with Crippen LogP contribution in [0.15, 0.2) is 18.2 Å². The Labute approximate surface area is 125 Å². The monoisotopic (exact) mass is 300 g/mol. The lowest BCUT2D eigenvalue weighted by atomic mass is 10.1. The van der Waals surface area contributed by atoms with Crippen LogP contribution in [-0.4, -0.2) is 44.2 Å². The van der Waals surface area contributed by atoms with Gasteiger partial charge < -0.3 is 20.1 Å².